The summed E-state index contributed by atoms with van der Waals surface area (Å²) in [7, 11) is 0. The van der Waals surface area contributed by atoms with Crippen LogP contribution in [0, 0.1) is 5.41 Å². The van der Waals surface area contributed by atoms with Gasteiger partial charge in [0.1, 0.15) is 17.8 Å². The minimum atomic E-state index is -0.883. The summed E-state index contributed by atoms with van der Waals surface area (Å²) in [6, 6.07) is -0.137. The third-order valence-electron chi connectivity index (χ3n) is 5.04. The van der Waals surface area contributed by atoms with Gasteiger partial charge in [-0.05, 0) is 11.3 Å². The highest BCUT2D eigenvalue weighted by Gasteiger charge is 2.40. The molecule has 0 radical (unpaired) electrons. The van der Waals surface area contributed by atoms with Gasteiger partial charge in [-0.15, -0.1) is 0 Å². The van der Waals surface area contributed by atoms with Crippen molar-refractivity contribution in [2.45, 2.75) is 46.1 Å². The molecule has 2 atom stereocenters. The number of anilines is 1. The number of piperazine rings is 1. The molecule has 24 heavy (non-hydrogen) atoms. The third-order valence-corrected chi connectivity index (χ3v) is 5.04. The first-order chi connectivity index (χ1) is 11.2. The van der Waals surface area contributed by atoms with Crippen LogP contribution in [0.3, 0.4) is 0 Å². The molecule has 1 aromatic rings. The summed E-state index contributed by atoms with van der Waals surface area (Å²) in [5.74, 6) is 0.963. The molecule has 1 N–H and O–H groups in total. The van der Waals surface area contributed by atoms with E-state index in [1.807, 2.05) is 27.7 Å². The Morgan fingerprint density at radius 3 is 2.62 bits per heavy atom. The molecule has 0 spiro atoms. The SMILES string of the molecule is CC1CC(=O)c2ncnc(N3CCN(C(=O)O)C(C(C)(C)C)C3)c21. The fourth-order valence-electron chi connectivity index (χ4n) is 3.74. The predicted octanol–water partition coefficient (Wildman–Crippen LogP) is 2.38. The molecule has 1 fully saturated rings. The Morgan fingerprint density at radius 2 is 2.00 bits per heavy atom. The number of carbonyl (C=O) groups excluding carboxylic acids is 1. The van der Waals surface area contributed by atoms with Gasteiger partial charge in [-0.2, -0.15) is 0 Å². The van der Waals surface area contributed by atoms with Crippen molar-refractivity contribution in [1.29, 1.82) is 0 Å². The number of hydrogen-bond acceptors (Lipinski definition) is 5. The van der Waals surface area contributed by atoms with Gasteiger partial charge in [0.25, 0.3) is 0 Å². The number of rotatable bonds is 1. The van der Waals surface area contributed by atoms with Crippen LogP contribution in [-0.4, -0.2) is 57.5 Å². The molecule has 2 aliphatic rings. The van der Waals surface area contributed by atoms with Gasteiger partial charge in [-0.25, -0.2) is 14.8 Å². The average molecular weight is 332 g/mol. The molecular weight excluding hydrogens is 308 g/mol. The molecule has 1 amide bonds. The van der Waals surface area contributed by atoms with Crippen LogP contribution in [0.1, 0.15) is 56.1 Å². The van der Waals surface area contributed by atoms with Gasteiger partial charge in [0, 0.05) is 31.6 Å². The van der Waals surface area contributed by atoms with E-state index in [9.17, 15) is 14.7 Å². The topological polar surface area (TPSA) is 86.6 Å². The second-order valence-corrected chi connectivity index (χ2v) is 7.79. The maximum atomic E-state index is 12.1. The molecular formula is C17H24N4O3. The van der Waals surface area contributed by atoms with E-state index in [1.165, 1.54) is 11.2 Å². The molecule has 1 aliphatic carbocycles. The van der Waals surface area contributed by atoms with Crippen molar-refractivity contribution >= 4 is 17.7 Å². The number of amides is 1. The van der Waals surface area contributed by atoms with Gasteiger partial charge in [-0.3, -0.25) is 4.79 Å². The molecule has 1 aliphatic heterocycles. The van der Waals surface area contributed by atoms with Crippen LogP contribution in [0.2, 0.25) is 0 Å². The number of nitrogens with zero attached hydrogens (tertiary/aromatic N) is 4. The molecule has 0 bridgehead atoms. The van der Waals surface area contributed by atoms with Crippen molar-refractivity contribution in [3.05, 3.63) is 17.6 Å². The largest absolute Gasteiger partial charge is 0.465 e. The van der Waals surface area contributed by atoms with Gasteiger partial charge in [0.15, 0.2) is 5.78 Å². The molecule has 130 valence electrons. The maximum Gasteiger partial charge on any atom is 0.407 e. The maximum absolute atomic E-state index is 12.1. The normalized spacial score (nSPS) is 24.2. The zero-order valence-corrected chi connectivity index (χ0v) is 14.6. The Labute approximate surface area is 141 Å². The molecule has 2 unspecified atom stereocenters. The van der Waals surface area contributed by atoms with Crippen LogP contribution in [0.4, 0.5) is 10.6 Å². The fraction of sp³-hybridized carbons (Fsp3) is 0.647. The summed E-state index contributed by atoms with van der Waals surface area (Å²) >= 11 is 0. The lowest BCUT2D eigenvalue weighted by molar-refractivity contribution is 0.0746. The fourth-order valence-corrected chi connectivity index (χ4v) is 3.74. The zero-order chi connectivity index (χ0) is 17.6. The number of fused-ring (bicyclic) bond motifs is 1. The molecule has 7 heteroatoms. The van der Waals surface area contributed by atoms with E-state index in [0.29, 0.717) is 31.7 Å². The first-order valence-corrected chi connectivity index (χ1v) is 8.32. The standard InChI is InChI=1S/C17H24N4O3/c1-10-7-11(22)14-13(10)15(19-9-18-14)20-5-6-21(16(23)24)12(8-20)17(2,3)4/h9-10,12H,5-8H2,1-4H3,(H,23,24). The van der Waals surface area contributed by atoms with Crippen molar-refractivity contribution < 1.29 is 14.7 Å². The van der Waals surface area contributed by atoms with E-state index in [0.717, 1.165) is 11.4 Å². The number of carboxylic acid groups (broad SMARTS) is 1. The van der Waals surface area contributed by atoms with Gasteiger partial charge >= 0.3 is 6.09 Å². The highest BCUT2D eigenvalue weighted by Crippen LogP contribution is 2.38. The first kappa shape index (κ1) is 16.7. The highest BCUT2D eigenvalue weighted by atomic mass is 16.4. The lowest BCUT2D eigenvalue weighted by atomic mass is 9.84. The number of Topliss-reactive ketones (excluding diaryl/α,β-unsaturated/α-hetero) is 1. The summed E-state index contributed by atoms with van der Waals surface area (Å²) in [4.78, 5) is 35.9. The highest BCUT2D eigenvalue weighted by molar-refractivity contribution is 6.00. The van der Waals surface area contributed by atoms with E-state index in [1.54, 1.807) is 0 Å². The van der Waals surface area contributed by atoms with E-state index < -0.39 is 6.09 Å². The van der Waals surface area contributed by atoms with E-state index >= 15 is 0 Å². The van der Waals surface area contributed by atoms with Crippen LogP contribution in [0.5, 0.6) is 0 Å². The lowest BCUT2D eigenvalue weighted by Gasteiger charge is -2.46. The number of carbonyl (C=O) groups is 2. The van der Waals surface area contributed by atoms with E-state index in [4.69, 9.17) is 0 Å². The third kappa shape index (κ3) is 2.72. The Kier molecular flexibility index (Phi) is 3.97. The number of ketones is 1. The average Bonchev–Trinajstić information content (AvgIpc) is 2.81. The van der Waals surface area contributed by atoms with Crippen molar-refractivity contribution in [3.63, 3.8) is 0 Å². The molecule has 7 nitrogen and oxygen atoms in total. The summed E-state index contributed by atoms with van der Waals surface area (Å²) < 4.78 is 0. The molecule has 0 aromatic carbocycles. The summed E-state index contributed by atoms with van der Waals surface area (Å²) in [5, 5.41) is 9.50. The second kappa shape index (κ2) is 5.72. The number of aromatic nitrogens is 2. The first-order valence-electron chi connectivity index (χ1n) is 8.32. The Bertz CT molecular complexity index is 683. The summed E-state index contributed by atoms with van der Waals surface area (Å²) in [6.45, 7) is 9.74. The van der Waals surface area contributed by atoms with Gasteiger partial charge in [0.2, 0.25) is 0 Å². The smallest absolute Gasteiger partial charge is 0.407 e. The van der Waals surface area contributed by atoms with Crippen LogP contribution < -0.4 is 4.90 Å². The van der Waals surface area contributed by atoms with Gasteiger partial charge < -0.3 is 14.9 Å². The minimum Gasteiger partial charge on any atom is -0.465 e. The van der Waals surface area contributed by atoms with Gasteiger partial charge in [0.05, 0.1) is 6.04 Å². The molecule has 3 rings (SSSR count). The Hall–Kier alpha value is -2.18. The van der Waals surface area contributed by atoms with Crippen LogP contribution in [0.25, 0.3) is 0 Å². The Morgan fingerprint density at radius 1 is 1.29 bits per heavy atom. The molecule has 1 aromatic heterocycles. The minimum absolute atomic E-state index is 0.0673. The summed E-state index contributed by atoms with van der Waals surface area (Å²) in [5.41, 5.74) is 1.26. The lowest BCUT2D eigenvalue weighted by Crippen LogP contribution is -2.59. The van der Waals surface area contributed by atoms with Crippen molar-refractivity contribution in [2.75, 3.05) is 24.5 Å². The van der Waals surface area contributed by atoms with E-state index in [-0.39, 0.29) is 23.2 Å². The van der Waals surface area contributed by atoms with Crippen LogP contribution >= 0.6 is 0 Å². The van der Waals surface area contributed by atoms with Crippen LogP contribution in [-0.2, 0) is 0 Å². The van der Waals surface area contributed by atoms with Crippen molar-refractivity contribution in [1.82, 2.24) is 14.9 Å². The Balaban J connectivity index is 1.95. The van der Waals surface area contributed by atoms with Crippen molar-refractivity contribution in [2.24, 2.45) is 5.41 Å². The molecule has 1 saturated heterocycles. The monoisotopic (exact) mass is 332 g/mol. The summed E-state index contributed by atoms with van der Waals surface area (Å²) in [6.07, 6.45) is 1.03. The van der Waals surface area contributed by atoms with Gasteiger partial charge in [-0.1, -0.05) is 27.7 Å². The zero-order valence-electron chi connectivity index (χ0n) is 14.6. The second-order valence-electron chi connectivity index (χ2n) is 7.79. The number of hydrogen-bond donors (Lipinski definition) is 1. The predicted molar refractivity (Wildman–Crippen MR) is 89.6 cm³/mol. The molecule has 0 saturated carbocycles. The van der Waals surface area contributed by atoms with Crippen LogP contribution in [0.15, 0.2) is 6.33 Å². The van der Waals surface area contributed by atoms with Crippen molar-refractivity contribution in [3.8, 4) is 0 Å². The quantitative estimate of drug-likeness (QED) is 0.849. The van der Waals surface area contributed by atoms with E-state index in [2.05, 4.69) is 14.9 Å². The molecule has 2 heterocycles.